The quantitative estimate of drug-likeness (QED) is 0.340. The number of hydrogen-bond donors (Lipinski definition) is 1. The Kier molecular flexibility index (Phi) is 10.3. The Balaban J connectivity index is 2.12. The van der Waals surface area contributed by atoms with Crippen molar-refractivity contribution in [1.29, 1.82) is 0 Å². The van der Waals surface area contributed by atoms with Gasteiger partial charge in [0.1, 0.15) is 24.1 Å². The Bertz CT molecular complexity index is 1510. The lowest BCUT2D eigenvalue weighted by atomic mass is 10.1. The van der Waals surface area contributed by atoms with E-state index in [9.17, 15) is 18.0 Å². The van der Waals surface area contributed by atoms with Crippen molar-refractivity contribution in [2.24, 2.45) is 0 Å². The van der Waals surface area contributed by atoms with Crippen LogP contribution in [-0.4, -0.2) is 57.5 Å². The number of methoxy groups -OCH3 is 2. The Hall–Kier alpha value is -4.05. The molecule has 2 amide bonds. The van der Waals surface area contributed by atoms with Crippen molar-refractivity contribution in [3.8, 4) is 11.5 Å². The number of amides is 2. The summed E-state index contributed by atoms with van der Waals surface area (Å²) in [7, 11) is -1.23. The van der Waals surface area contributed by atoms with Crippen LogP contribution < -0.4 is 19.1 Å². The minimum absolute atomic E-state index is 0.0299. The van der Waals surface area contributed by atoms with Gasteiger partial charge in [0.2, 0.25) is 11.8 Å². The number of nitrogens with one attached hydrogen (secondary N) is 1. The molecule has 1 N–H and O–H groups in total. The van der Waals surface area contributed by atoms with Crippen LogP contribution in [0.25, 0.3) is 0 Å². The summed E-state index contributed by atoms with van der Waals surface area (Å²) < 4.78 is 40.2. The summed E-state index contributed by atoms with van der Waals surface area (Å²) in [5.41, 5.74) is 2.09. The molecule has 1 atom stereocenters. The highest BCUT2D eigenvalue weighted by atomic mass is 32.2. The number of sulfonamides is 1. The highest BCUT2D eigenvalue weighted by Crippen LogP contribution is 2.34. The molecule has 0 unspecified atom stereocenters. The lowest BCUT2D eigenvalue weighted by molar-refractivity contribution is -0.140. The Labute approximate surface area is 249 Å². The third-order valence-corrected chi connectivity index (χ3v) is 8.42. The molecule has 42 heavy (non-hydrogen) atoms. The van der Waals surface area contributed by atoms with Crippen LogP contribution in [0.2, 0.25) is 0 Å². The number of aryl methyl sites for hydroxylation is 2. The van der Waals surface area contributed by atoms with Crippen molar-refractivity contribution in [3.05, 3.63) is 83.4 Å². The number of hydrogen-bond acceptors (Lipinski definition) is 6. The van der Waals surface area contributed by atoms with Gasteiger partial charge in [-0.3, -0.25) is 13.9 Å². The predicted molar refractivity (Wildman–Crippen MR) is 164 cm³/mol. The fourth-order valence-corrected chi connectivity index (χ4v) is 5.79. The molecule has 226 valence electrons. The van der Waals surface area contributed by atoms with Gasteiger partial charge in [-0.15, -0.1) is 0 Å². The number of nitrogens with zero attached hydrogens (tertiary/aromatic N) is 2. The minimum Gasteiger partial charge on any atom is -0.497 e. The third-order valence-electron chi connectivity index (χ3n) is 6.64. The SMILES string of the molecule is COc1cccc(CN(C(=O)CN(c2cc(C)ccc2OC)S(=O)(=O)c2ccc(C)cc2)[C@H](C)C(=O)NC(C)(C)C)c1. The maximum absolute atomic E-state index is 14.2. The molecule has 0 heterocycles. The fraction of sp³-hybridized carbons (Fsp3) is 0.375. The van der Waals surface area contributed by atoms with E-state index < -0.39 is 34.1 Å². The van der Waals surface area contributed by atoms with E-state index in [-0.39, 0.29) is 23.0 Å². The summed E-state index contributed by atoms with van der Waals surface area (Å²) in [5.74, 6) is -0.0322. The van der Waals surface area contributed by atoms with E-state index in [0.717, 1.165) is 21.0 Å². The summed E-state index contributed by atoms with van der Waals surface area (Å²) in [6, 6.07) is 17.8. The zero-order valence-corrected chi connectivity index (χ0v) is 26.4. The van der Waals surface area contributed by atoms with Crippen molar-refractivity contribution < 1.29 is 27.5 Å². The van der Waals surface area contributed by atoms with Crippen LogP contribution in [0.1, 0.15) is 44.4 Å². The van der Waals surface area contributed by atoms with Crippen LogP contribution >= 0.6 is 0 Å². The van der Waals surface area contributed by atoms with Gasteiger partial charge in [0.25, 0.3) is 10.0 Å². The highest BCUT2D eigenvalue weighted by Gasteiger charge is 2.34. The molecule has 0 aromatic heterocycles. The van der Waals surface area contributed by atoms with E-state index >= 15 is 0 Å². The van der Waals surface area contributed by atoms with Gasteiger partial charge in [0.15, 0.2) is 0 Å². The molecule has 3 aromatic rings. The molecular formula is C32H41N3O6S. The van der Waals surface area contributed by atoms with Gasteiger partial charge in [-0.05, 0) is 89.1 Å². The molecule has 0 saturated carbocycles. The predicted octanol–water partition coefficient (Wildman–Crippen LogP) is 4.85. The molecule has 0 spiro atoms. The van der Waals surface area contributed by atoms with Crippen LogP contribution in [0.5, 0.6) is 11.5 Å². The second kappa shape index (κ2) is 13.3. The van der Waals surface area contributed by atoms with Crippen LogP contribution in [0, 0.1) is 13.8 Å². The van der Waals surface area contributed by atoms with E-state index in [2.05, 4.69) is 5.32 Å². The van der Waals surface area contributed by atoms with Gasteiger partial charge in [-0.2, -0.15) is 0 Å². The van der Waals surface area contributed by atoms with Gasteiger partial charge in [-0.25, -0.2) is 8.42 Å². The van der Waals surface area contributed by atoms with Gasteiger partial charge in [0.05, 0.1) is 24.8 Å². The molecule has 0 radical (unpaired) electrons. The van der Waals surface area contributed by atoms with Crippen LogP contribution in [0.3, 0.4) is 0 Å². The smallest absolute Gasteiger partial charge is 0.264 e. The standard InChI is InChI=1S/C32H41N3O6S/c1-22-12-15-27(16-13-22)42(38,39)35(28-18-23(2)14-17-29(28)41-8)21-30(36)34(24(3)31(37)33-32(4,5)6)20-25-10-9-11-26(19-25)40-7/h9-19,24H,20-21H2,1-8H3,(H,33,37)/t24-/m1/s1. The summed E-state index contributed by atoms with van der Waals surface area (Å²) in [4.78, 5) is 28.9. The average Bonchev–Trinajstić information content (AvgIpc) is 2.93. The van der Waals surface area contributed by atoms with Crippen molar-refractivity contribution >= 4 is 27.5 Å². The van der Waals surface area contributed by atoms with E-state index in [1.807, 2.05) is 40.7 Å². The first kappa shape index (κ1) is 32.5. The number of benzene rings is 3. The summed E-state index contributed by atoms with van der Waals surface area (Å²) in [6.45, 7) is 10.4. The van der Waals surface area contributed by atoms with E-state index in [1.165, 1.54) is 24.1 Å². The lowest BCUT2D eigenvalue weighted by Crippen LogP contribution is -2.54. The normalized spacial score (nSPS) is 12.3. The van der Waals surface area contributed by atoms with Gasteiger partial charge < -0.3 is 19.7 Å². The number of anilines is 1. The van der Waals surface area contributed by atoms with E-state index in [4.69, 9.17) is 9.47 Å². The van der Waals surface area contributed by atoms with Crippen molar-refractivity contribution in [2.45, 2.75) is 64.6 Å². The first-order valence-corrected chi connectivity index (χ1v) is 15.1. The molecule has 9 nitrogen and oxygen atoms in total. The van der Waals surface area contributed by atoms with Crippen molar-refractivity contribution in [1.82, 2.24) is 10.2 Å². The molecular weight excluding hydrogens is 554 g/mol. The molecule has 0 bridgehead atoms. The molecule has 3 rings (SSSR count). The first-order chi connectivity index (χ1) is 19.7. The minimum atomic E-state index is -4.22. The Morgan fingerprint density at radius 1 is 0.905 bits per heavy atom. The first-order valence-electron chi connectivity index (χ1n) is 13.6. The Morgan fingerprint density at radius 3 is 2.14 bits per heavy atom. The second-order valence-electron chi connectivity index (χ2n) is 11.3. The molecule has 0 fully saturated rings. The zero-order chi connectivity index (χ0) is 31.2. The molecule has 10 heteroatoms. The average molecular weight is 596 g/mol. The summed E-state index contributed by atoms with van der Waals surface area (Å²) >= 11 is 0. The maximum atomic E-state index is 14.2. The molecule has 0 aliphatic rings. The topological polar surface area (TPSA) is 105 Å². The van der Waals surface area contributed by atoms with Gasteiger partial charge in [-0.1, -0.05) is 35.9 Å². The maximum Gasteiger partial charge on any atom is 0.264 e. The summed E-state index contributed by atoms with van der Waals surface area (Å²) in [6.07, 6.45) is 0. The van der Waals surface area contributed by atoms with Crippen LogP contribution in [-0.2, 0) is 26.2 Å². The largest absolute Gasteiger partial charge is 0.497 e. The number of carbonyl (C=O) groups excluding carboxylic acids is 2. The third kappa shape index (κ3) is 8.03. The van der Waals surface area contributed by atoms with E-state index in [0.29, 0.717) is 11.5 Å². The highest BCUT2D eigenvalue weighted by molar-refractivity contribution is 7.92. The molecule has 0 aliphatic carbocycles. The number of carbonyl (C=O) groups is 2. The van der Waals surface area contributed by atoms with Crippen LogP contribution in [0.4, 0.5) is 5.69 Å². The zero-order valence-electron chi connectivity index (χ0n) is 25.6. The number of rotatable bonds is 11. The molecule has 3 aromatic carbocycles. The molecule has 0 saturated heterocycles. The summed E-state index contributed by atoms with van der Waals surface area (Å²) in [5, 5.41) is 2.93. The second-order valence-corrected chi connectivity index (χ2v) is 13.2. The van der Waals surface area contributed by atoms with Crippen molar-refractivity contribution in [2.75, 3.05) is 25.1 Å². The fourth-order valence-electron chi connectivity index (χ4n) is 4.37. The van der Waals surface area contributed by atoms with Crippen molar-refractivity contribution in [3.63, 3.8) is 0 Å². The molecule has 0 aliphatic heterocycles. The van der Waals surface area contributed by atoms with Gasteiger partial charge >= 0.3 is 0 Å². The number of ether oxygens (including phenoxy) is 2. The lowest BCUT2D eigenvalue weighted by Gasteiger charge is -2.34. The van der Waals surface area contributed by atoms with E-state index in [1.54, 1.807) is 62.6 Å². The van der Waals surface area contributed by atoms with Crippen LogP contribution in [0.15, 0.2) is 71.6 Å². The Morgan fingerprint density at radius 2 is 1.55 bits per heavy atom. The monoisotopic (exact) mass is 595 g/mol. The van der Waals surface area contributed by atoms with Gasteiger partial charge in [0, 0.05) is 12.1 Å².